The molecule has 0 amide bonds. The molecular formula is C26H42O3. The minimum atomic E-state index is -0.249. The van der Waals surface area contributed by atoms with Gasteiger partial charge in [0.2, 0.25) is 0 Å². The first kappa shape index (κ1) is 25.3. The Bertz CT molecular complexity index is 592. The lowest BCUT2D eigenvalue weighted by Crippen LogP contribution is -2.12. The lowest BCUT2D eigenvalue weighted by atomic mass is 9.99. The lowest BCUT2D eigenvalue weighted by Gasteiger charge is -2.13. The van der Waals surface area contributed by atoms with Crippen LogP contribution in [0.5, 0.6) is 5.75 Å². The maximum absolute atomic E-state index is 12.2. The Labute approximate surface area is 178 Å². The van der Waals surface area contributed by atoms with Gasteiger partial charge in [0.25, 0.3) is 0 Å². The highest BCUT2D eigenvalue weighted by atomic mass is 16.5. The highest BCUT2D eigenvalue weighted by Gasteiger charge is 2.09. The normalized spacial score (nSPS) is 12.3. The number of carbonyl (C=O) groups excluding carboxylic acids is 1. The predicted molar refractivity (Wildman–Crippen MR) is 123 cm³/mol. The van der Waals surface area contributed by atoms with Gasteiger partial charge in [0.15, 0.2) is 0 Å². The molecule has 29 heavy (non-hydrogen) atoms. The molecule has 1 unspecified atom stereocenters. The van der Waals surface area contributed by atoms with Crippen LogP contribution in [0, 0.1) is 5.92 Å². The Morgan fingerprint density at radius 3 is 2.41 bits per heavy atom. The van der Waals surface area contributed by atoms with E-state index in [0.29, 0.717) is 12.5 Å². The average Bonchev–Trinajstić information content (AvgIpc) is 2.75. The summed E-state index contributed by atoms with van der Waals surface area (Å²) in [6, 6.07) is 6.08. The number of esters is 1. The molecule has 0 fully saturated rings. The molecule has 1 rings (SSSR count). The molecule has 0 spiro atoms. The number of aryl methyl sites for hydroxylation is 1. The summed E-state index contributed by atoms with van der Waals surface area (Å²) in [7, 11) is 1.69. The van der Waals surface area contributed by atoms with E-state index in [4.69, 9.17) is 9.47 Å². The third kappa shape index (κ3) is 11.1. The van der Waals surface area contributed by atoms with Gasteiger partial charge in [-0.05, 0) is 54.5 Å². The molecule has 1 aromatic carbocycles. The van der Waals surface area contributed by atoms with E-state index < -0.39 is 0 Å². The molecule has 0 aromatic heterocycles. The van der Waals surface area contributed by atoms with Crippen LogP contribution in [0.15, 0.2) is 24.3 Å². The van der Waals surface area contributed by atoms with Crippen LogP contribution in [-0.2, 0) is 16.0 Å². The van der Waals surface area contributed by atoms with E-state index >= 15 is 0 Å². The van der Waals surface area contributed by atoms with Crippen molar-refractivity contribution in [3.05, 3.63) is 35.4 Å². The molecule has 1 aromatic rings. The highest BCUT2D eigenvalue weighted by molar-refractivity contribution is 5.87. The second-order valence-corrected chi connectivity index (χ2v) is 7.96. The minimum absolute atomic E-state index is 0.249. The van der Waals surface area contributed by atoms with Crippen molar-refractivity contribution in [2.45, 2.75) is 91.4 Å². The van der Waals surface area contributed by atoms with Crippen molar-refractivity contribution in [2.24, 2.45) is 5.92 Å². The van der Waals surface area contributed by atoms with E-state index in [0.717, 1.165) is 37.0 Å². The van der Waals surface area contributed by atoms with E-state index in [2.05, 4.69) is 26.8 Å². The third-order valence-corrected chi connectivity index (χ3v) is 5.55. The lowest BCUT2D eigenvalue weighted by molar-refractivity contribution is -0.139. The summed E-state index contributed by atoms with van der Waals surface area (Å²) >= 11 is 0. The Morgan fingerprint density at radius 1 is 1.00 bits per heavy atom. The van der Waals surface area contributed by atoms with Crippen molar-refractivity contribution in [2.75, 3.05) is 13.7 Å². The van der Waals surface area contributed by atoms with Crippen molar-refractivity contribution in [3.63, 3.8) is 0 Å². The number of hydrogen-bond donors (Lipinski definition) is 0. The zero-order chi connectivity index (χ0) is 21.3. The summed E-state index contributed by atoms with van der Waals surface area (Å²) in [4.78, 5) is 12.2. The van der Waals surface area contributed by atoms with E-state index in [1.165, 1.54) is 50.5 Å². The summed E-state index contributed by atoms with van der Waals surface area (Å²) in [5.41, 5.74) is 2.31. The summed E-state index contributed by atoms with van der Waals surface area (Å²) in [6.07, 6.45) is 16.7. The fraction of sp³-hybridized carbons (Fsp3) is 0.654. The first-order valence-electron chi connectivity index (χ1n) is 11.7. The molecule has 0 heterocycles. The number of unbranched alkanes of at least 4 members (excludes halogenated alkanes) is 6. The molecule has 3 heteroatoms. The zero-order valence-corrected chi connectivity index (χ0v) is 19.2. The van der Waals surface area contributed by atoms with Gasteiger partial charge < -0.3 is 9.47 Å². The van der Waals surface area contributed by atoms with Gasteiger partial charge in [-0.25, -0.2) is 4.79 Å². The predicted octanol–water partition coefficient (Wildman–Crippen LogP) is 7.37. The van der Waals surface area contributed by atoms with Gasteiger partial charge in [0, 0.05) is 6.08 Å². The van der Waals surface area contributed by atoms with Crippen LogP contribution in [0.2, 0.25) is 0 Å². The molecule has 0 saturated heterocycles. The summed E-state index contributed by atoms with van der Waals surface area (Å²) in [5, 5.41) is 0. The van der Waals surface area contributed by atoms with Gasteiger partial charge in [-0.1, -0.05) is 78.2 Å². The summed E-state index contributed by atoms with van der Waals surface area (Å²) in [6.45, 7) is 7.12. The van der Waals surface area contributed by atoms with E-state index in [1.54, 1.807) is 13.2 Å². The number of carbonyl (C=O) groups is 1. The maximum atomic E-state index is 12.2. The van der Waals surface area contributed by atoms with Crippen LogP contribution in [0.25, 0.3) is 6.08 Å². The van der Waals surface area contributed by atoms with Crippen LogP contribution < -0.4 is 4.74 Å². The molecule has 0 aliphatic carbocycles. The Morgan fingerprint density at radius 2 is 1.72 bits per heavy atom. The van der Waals surface area contributed by atoms with Crippen molar-refractivity contribution >= 4 is 12.0 Å². The zero-order valence-electron chi connectivity index (χ0n) is 19.2. The van der Waals surface area contributed by atoms with E-state index in [9.17, 15) is 4.79 Å². The second kappa shape index (κ2) is 16.1. The first-order valence-corrected chi connectivity index (χ1v) is 11.7. The Kier molecular flexibility index (Phi) is 14.0. The van der Waals surface area contributed by atoms with Gasteiger partial charge in [-0.15, -0.1) is 0 Å². The molecular weight excluding hydrogens is 360 g/mol. The molecule has 0 aliphatic heterocycles. The monoisotopic (exact) mass is 402 g/mol. The maximum Gasteiger partial charge on any atom is 0.330 e. The Balaban J connectivity index is 2.60. The fourth-order valence-corrected chi connectivity index (χ4v) is 3.49. The second-order valence-electron chi connectivity index (χ2n) is 7.96. The molecule has 3 nitrogen and oxygen atoms in total. The standard InChI is InChI=1S/C26H42O3/c1-5-8-10-11-12-13-15-24-20-25(28-4)18-16-23(24)17-19-26(27)29-21-22(7-3)14-9-6-2/h16-20,22H,5-15,21H2,1-4H3. The van der Waals surface area contributed by atoms with Gasteiger partial charge in [0.05, 0.1) is 13.7 Å². The van der Waals surface area contributed by atoms with E-state index in [-0.39, 0.29) is 5.97 Å². The average molecular weight is 403 g/mol. The summed E-state index contributed by atoms with van der Waals surface area (Å²) in [5.74, 6) is 1.09. The van der Waals surface area contributed by atoms with Crippen molar-refractivity contribution in [3.8, 4) is 5.75 Å². The van der Waals surface area contributed by atoms with Gasteiger partial charge >= 0.3 is 5.97 Å². The SMILES string of the molecule is CCCCCCCCc1cc(OC)ccc1C=CC(=O)OCC(CC)CCCC. The number of benzene rings is 1. The van der Waals surface area contributed by atoms with Crippen LogP contribution in [0.4, 0.5) is 0 Å². The van der Waals surface area contributed by atoms with Gasteiger partial charge in [-0.3, -0.25) is 0 Å². The molecule has 164 valence electrons. The first-order chi connectivity index (χ1) is 14.1. The smallest absolute Gasteiger partial charge is 0.330 e. The molecule has 0 aliphatic rings. The molecule has 0 N–H and O–H groups in total. The number of hydrogen-bond acceptors (Lipinski definition) is 3. The summed E-state index contributed by atoms with van der Waals surface area (Å²) < 4.78 is 10.9. The van der Waals surface area contributed by atoms with Crippen LogP contribution in [0.3, 0.4) is 0 Å². The highest BCUT2D eigenvalue weighted by Crippen LogP contribution is 2.22. The van der Waals surface area contributed by atoms with Crippen LogP contribution in [0.1, 0.15) is 96.1 Å². The molecule has 0 bridgehead atoms. The van der Waals surface area contributed by atoms with Gasteiger partial charge in [0.1, 0.15) is 5.75 Å². The fourth-order valence-electron chi connectivity index (χ4n) is 3.49. The molecule has 0 saturated carbocycles. The largest absolute Gasteiger partial charge is 0.497 e. The van der Waals surface area contributed by atoms with Crippen molar-refractivity contribution in [1.82, 2.24) is 0 Å². The van der Waals surface area contributed by atoms with Gasteiger partial charge in [-0.2, -0.15) is 0 Å². The van der Waals surface area contributed by atoms with Crippen molar-refractivity contribution < 1.29 is 14.3 Å². The Hall–Kier alpha value is -1.77. The quantitative estimate of drug-likeness (QED) is 0.164. The van der Waals surface area contributed by atoms with E-state index in [1.807, 2.05) is 18.2 Å². The third-order valence-electron chi connectivity index (χ3n) is 5.55. The topological polar surface area (TPSA) is 35.5 Å². The molecule has 1 atom stereocenters. The number of rotatable bonds is 16. The van der Waals surface area contributed by atoms with Crippen LogP contribution in [-0.4, -0.2) is 19.7 Å². The molecule has 0 radical (unpaired) electrons. The number of methoxy groups -OCH3 is 1. The van der Waals surface area contributed by atoms with Crippen molar-refractivity contribution in [1.29, 1.82) is 0 Å². The van der Waals surface area contributed by atoms with Crippen LogP contribution >= 0.6 is 0 Å². The minimum Gasteiger partial charge on any atom is -0.497 e. The number of ether oxygens (including phenoxy) is 2.